The second-order valence-corrected chi connectivity index (χ2v) is 3.16. The zero-order valence-corrected chi connectivity index (χ0v) is 8.58. The van der Waals surface area contributed by atoms with Crippen molar-refractivity contribution in [2.45, 2.75) is 0 Å². The highest BCUT2D eigenvalue weighted by molar-refractivity contribution is 5.57. The first-order valence-electron chi connectivity index (χ1n) is 4.52. The molecule has 0 unspecified atom stereocenters. The summed E-state index contributed by atoms with van der Waals surface area (Å²) in [6.07, 6.45) is 1.53. The topological polar surface area (TPSA) is 89.8 Å². The number of nitrogens with zero attached hydrogens (tertiary/aromatic N) is 4. The summed E-state index contributed by atoms with van der Waals surface area (Å²) in [6.45, 7) is 0. The molecule has 0 aliphatic rings. The van der Waals surface area contributed by atoms with Crippen LogP contribution in [0.3, 0.4) is 0 Å². The number of nitrogens with two attached hydrogens (primary N) is 1. The number of aryl methyl sites for hydroxylation is 1. The lowest BCUT2D eigenvalue weighted by molar-refractivity contribution is 0.439. The Kier molecular flexibility index (Phi) is 2.44. The van der Waals surface area contributed by atoms with E-state index in [0.717, 1.165) is 0 Å². The number of hydrogen-bond donors (Lipinski definition) is 1. The molecule has 0 saturated heterocycles. The van der Waals surface area contributed by atoms with Gasteiger partial charge in [-0.3, -0.25) is 4.68 Å². The van der Waals surface area contributed by atoms with E-state index >= 15 is 0 Å². The molecule has 6 nitrogen and oxygen atoms in total. The molecule has 0 aliphatic carbocycles. The van der Waals surface area contributed by atoms with Gasteiger partial charge in [0.2, 0.25) is 0 Å². The van der Waals surface area contributed by atoms with Gasteiger partial charge in [0.25, 0.3) is 0 Å². The molecular formula is C10H9N5O. The molecule has 0 amide bonds. The van der Waals surface area contributed by atoms with Crippen molar-refractivity contribution in [2.24, 2.45) is 7.05 Å². The molecule has 6 heteroatoms. The Bertz CT molecular complexity index is 555. The zero-order chi connectivity index (χ0) is 11.5. The average Bonchev–Trinajstić information content (AvgIpc) is 2.64. The molecule has 2 rings (SSSR count). The van der Waals surface area contributed by atoms with E-state index in [2.05, 4.69) is 10.1 Å². The van der Waals surface area contributed by atoms with Crippen molar-refractivity contribution in [2.75, 3.05) is 5.73 Å². The van der Waals surface area contributed by atoms with Crippen molar-refractivity contribution in [1.82, 2.24) is 14.8 Å². The van der Waals surface area contributed by atoms with Crippen LogP contribution in [-0.4, -0.2) is 14.8 Å². The van der Waals surface area contributed by atoms with Gasteiger partial charge in [0.05, 0.1) is 11.3 Å². The maximum atomic E-state index is 8.70. The lowest BCUT2D eigenvalue weighted by Crippen LogP contribution is -1.93. The SMILES string of the molecule is Cn1cnc(Oc2ccc(C#N)c(N)c2)n1. The van der Waals surface area contributed by atoms with Gasteiger partial charge < -0.3 is 10.5 Å². The van der Waals surface area contributed by atoms with E-state index in [1.165, 1.54) is 11.0 Å². The summed E-state index contributed by atoms with van der Waals surface area (Å²) in [5.41, 5.74) is 6.43. The molecule has 80 valence electrons. The van der Waals surface area contributed by atoms with Crippen LogP contribution < -0.4 is 10.5 Å². The summed E-state index contributed by atoms with van der Waals surface area (Å²) in [4.78, 5) is 3.91. The van der Waals surface area contributed by atoms with Crippen molar-refractivity contribution in [3.8, 4) is 17.8 Å². The molecule has 0 aliphatic heterocycles. The second kappa shape index (κ2) is 3.90. The van der Waals surface area contributed by atoms with E-state index in [1.54, 1.807) is 25.2 Å². The highest BCUT2D eigenvalue weighted by Crippen LogP contribution is 2.22. The zero-order valence-electron chi connectivity index (χ0n) is 8.58. The number of aromatic nitrogens is 3. The molecule has 0 fully saturated rings. The first kappa shape index (κ1) is 9.98. The van der Waals surface area contributed by atoms with Crippen LogP contribution in [0, 0.1) is 11.3 Å². The fourth-order valence-corrected chi connectivity index (χ4v) is 1.18. The number of ether oxygens (including phenoxy) is 1. The maximum Gasteiger partial charge on any atom is 0.340 e. The predicted molar refractivity (Wildman–Crippen MR) is 56.6 cm³/mol. The van der Waals surface area contributed by atoms with Crippen molar-refractivity contribution < 1.29 is 4.74 Å². The van der Waals surface area contributed by atoms with Crippen LogP contribution >= 0.6 is 0 Å². The van der Waals surface area contributed by atoms with Crippen molar-refractivity contribution in [3.63, 3.8) is 0 Å². The monoisotopic (exact) mass is 215 g/mol. The highest BCUT2D eigenvalue weighted by atomic mass is 16.5. The fourth-order valence-electron chi connectivity index (χ4n) is 1.18. The Labute approximate surface area is 91.9 Å². The third-order valence-corrected chi connectivity index (χ3v) is 1.93. The Morgan fingerprint density at radius 3 is 2.88 bits per heavy atom. The van der Waals surface area contributed by atoms with Gasteiger partial charge in [0.15, 0.2) is 0 Å². The quantitative estimate of drug-likeness (QED) is 0.756. The van der Waals surface area contributed by atoms with E-state index in [0.29, 0.717) is 17.0 Å². The minimum absolute atomic E-state index is 0.242. The van der Waals surface area contributed by atoms with Crippen molar-refractivity contribution in [3.05, 3.63) is 30.1 Å². The van der Waals surface area contributed by atoms with Gasteiger partial charge in [-0.15, -0.1) is 5.10 Å². The Morgan fingerprint density at radius 2 is 2.31 bits per heavy atom. The van der Waals surface area contributed by atoms with E-state index in [-0.39, 0.29) is 6.01 Å². The molecule has 1 aromatic carbocycles. The molecule has 1 aromatic heterocycles. The van der Waals surface area contributed by atoms with Crippen molar-refractivity contribution >= 4 is 5.69 Å². The summed E-state index contributed by atoms with van der Waals surface area (Å²) < 4.78 is 6.88. The van der Waals surface area contributed by atoms with Gasteiger partial charge in [-0.05, 0) is 12.1 Å². The summed E-state index contributed by atoms with van der Waals surface area (Å²) in [5.74, 6) is 0.503. The first-order valence-corrected chi connectivity index (χ1v) is 4.52. The van der Waals surface area contributed by atoms with E-state index in [4.69, 9.17) is 15.7 Å². The number of hydrogen-bond acceptors (Lipinski definition) is 5. The molecule has 0 atom stereocenters. The Morgan fingerprint density at radius 1 is 1.50 bits per heavy atom. The number of rotatable bonds is 2. The van der Waals surface area contributed by atoms with Gasteiger partial charge in [0, 0.05) is 13.1 Å². The maximum absolute atomic E-state index is 8.70. The van der Waals surface area contributed by atoms with Gasteiger partial charge in [-0.2, -0.15) is 10.2 Å². The Hall–Kier alpha value is -2.55. The molecule has 0 saturated carbocycles. The van der Waals surface area contributed by atoms with Crippen LogP contribution in [0.5, 0.6) is 11.8 Å². The summed E-state index contributed by atoms with van der Waals surface area (Å²) in [6, 6.07) is 7.02. The minimum atomic E-state index is 0.242. The van der Waals surface area contributed by atoms with Crippen molar-refractivity contribution in [1.29, 1.82) is 5.26 Å². The fraction of sp³-hybridized carbons (Fsp3) is 0.100. The standard InChI is InChI=1S/C10H9N5O/c1-15-6-13-10(14-15)16-8-3-2-7(5-11)9(12)4-8/h2-4,6H,12H2,1H3. The summed E-state index contributed by atoms with van der Waals surface area (Å²) >= 11 is 0. The number of nitriles is 1. The molecule has 2 N–H and O–H groups in total. The molecule has 0 radical (unpaired) electrons. The predicted octanol–water partition coefficient (Wildman–Crippen LogP) is 1.06. The number of anilines is 1. The van der Waals surface area contributed by atoms with Crippen LogP contribution in [0.15, 0.2) is 24.5 Å². The van der Waals surface area contributed by atoms with Gasteiger partial charge in [-0.25, -0.2) is 0 Å². The highest BCUT2D eigenvalue weighted by Gasteiger charge is 2.04. The lowest BCUT2D eigenvalue weighted by Gasteiger charge is -2.02. The average molecular weight is 215 g/mol. The molecule has 1 heterocycles. The summed E-state index contributed by atoms with van der Waals surface area (Å²) in [7, 11) is 1.74. The first-order chi connectivity index (χ1) is 7.69. The lowest BCUT2D eigenvalue weighted by atomic mass is 10.2. The van der Waals surface area contributed by atoms with Gasteiger partial charge >= 0.3 is 6.01 Å². The molecule has 2 aromatic rings. The second-order valence-electron chi connectivity index (χ2n) is 3.16. The molecule has 0 bridgehead atoms. The van der Waals surface area contributed by atoms with E-state index in [1.807, 2.05) is 6.07 Å². The van der Waals surface area contributed by atoms with Crippen LogP contribution in [0.4, 0.5) is 5.69 Å². The van der Waals surface area contributed by atoms with E-state index < -0.39 is 0 Å². The van der Waals surface area contributed by atoms with E-state index in [9.17, 15) is 0 Å². The van der Waals surface area contributed by atoms with Crippen LogP contribution in [0.2, 0.25) is 0 Å². The molecule has 0 spiro atoms. The van der Waals surface area contributed by atoms with Crippen LogP contribution in [-0.2, 0) is 7.05 Å². The number of benzene rings is 1. The van der Waals surface area contributed by atoms with Gasteiger partial charge in [0.1, 0.15) is 18.1 Å². The number of nitrogen functional groups attached to an aromatic ring is 1. The third-order valence-electron chi connectivity index (χ3n) is 1.93. The van der Waals surface area contributed by atoms with Crippen LogP contribution in [0.1, 0.15) is 5.56 Å². The molecular weight excluding hydrogens is 206 g/mol. The van der Waals surface area contributed by atoms with Gasteiger partial charge in [-0.1, -0.05) is 0 Å². The summed E-state index contributed by atoms with van der Waals surface area (Å²) in [5, 5.41) is 12.7. The normalized spacial score (nSPS) is 9.75. The smallest absolute Gasteiger partial charge is 0.340 e. The third kappa shape index (κ3) is 1.93. The van der Waals surface area contributed by atoms with Crippen LogP contribution in [0.25, 0.3) is 0 Å². The largest absolute Gasteiger partial charge is 0.423 e. The molecule has 16 heavy (non-hydrogen) atoms. The minimum Gasteiger partial charge on any atom is -0.423 e. The Balaban J connectivity index is 2.23.